The monoisotopic (exact) mass is 256 g/mol. The van der Waals surface area contributed by atoms with Crippen molar-refractivity contribution in [2.45, 2.75) is 65.7 Å². The molecule has 18 heavy (non-hydrogen) atoms. The Labute approximate surface area is 113 Å². The Bertz CT molecular complexity index is 195. The fourth-order valence-electron chi connectivity index (χ4n) is 2.69. The lowest BCUT2D eigenvalue weighted by Crippen LogP contribution is -2.19. The molecule has 0 radical (unpaired) electrons. The second-order valence-electron chi connectivity index (χ2n) is 6.48. The minimum absolute atomic E-state index is 0.321. The predicted molar refractivity (Wildman–Crippen MR) is 76.9 cm³/mol. The lowest BCUT2D eigenvalue weighted by molar-refractivity contribution is 0.0599. The molecule has 108 valence electrons. The molecule has 0 spiro atoms. The SMILES string of the molecule is CCOCC(C)(C)CCCCOCC1CCCC1. The molecule has 0 N–H and O–H groups in total. The molecule has 0 unspecified atom stereocenters. The molecule has 0 aromatic rings. The molecule has 1 fully saturated rings. The Balaban J connectivity index is 1.90. The van der Waals surface area contributed by atoms with Gasteiger partial charge in [-0.25, -0.2) is 0 Å². The third-order valence-corrected chi connectivity index (χ3v) is 3.92. The van der Waals surface area contributed by atoms with Crippen molar-refractivity contribution in [2.75, 3.05) is 26.4 Å². The molecule has 0 amide bonds. The third kappa shape index (κ3) is 7.38. The molecule has 0 aliphatic heterocycles. The van der Waals surface area contributed by atoms with Crippen molar-refractivity contribution in [1.82, 2.24) is 0 Å². The van der Waals surface area contributed by atoms with Crippen LogP contribution in [0.1, 0.15) is 65.7 Å². The van der Waals surface area contributed by atoms with E-state index in [4.69, 9.17) is 9.47 Å². The standard InChI is InChI=1S/C16H32O2/c1-4-17-14-16(2,3)11-7-8-12-18-13-15-9-5-6-10-15/h15H,4-14H2,1-3H3. The number of hydrogen-bond donors (Lipinski definition) is 0. The first-order valence-corrected chi connectivity index (χ1v) is 7.79. The average molecular weight is 256 g/mol. The Kier molecular flexibility index (Phi) is 7.92. The minimum Gasteiger partial charge on any atom is -0.381 e. The van der Waals surface area contributed by atoms with Gasteiger partial charge in [-0.3, -0.25) is 0 Å². The van der Waals surface area contributed by atoms with E-state index in [9.17, 15) is 0 Å². The van der Waals surface area contributed by atoms with Crippen LogP contribution >= 0.6 is 0 Å². The lowest BCUT2D eigenvalue weighted by atomic mass is 9.88. The van der Waals surface area contributed by atoms with Crippen molar-refractivity contribution >= 4 is 0 Å². The second kappa shape index (κ2) is 8.92. The van der Waals surface area contributed by atoms with Gasteiger partial charge in [-0.1, -0.05) is 33.1 Å². The van der Waals surface area contributed by atoms with Gasteiger partial charge in [0.25, 0.3) is 0 Å². The molecule has 0 saturated heterocycles. The maximum absolute atomic E-state index is 5.78. The van der Waals surface area contributed by atoms with Gasteiger partial charge in [0.2, 0.25) is 0 Å². The highest BCUT2D eigenvalue weighted by molar-refractivity contribution is 4.68. The van der Waals surface area contributed by atoms with Crippen LogP contribution in [-0.2, 0) is 9.47 Å². The van der Waals surface area contributed by atoms with E-state index in [1.807, 2.05) is 0 Å². The van der Waals surface area contributed by atoms with Gasteiger partial charge in [-0.15, -0.1) is 0 Å². The molecule has 1 saturated carbocycles. The van der Waals surface area contributed by atoms with E-state index < -0.39 is 0 Å². The number of unbranched alkanes of at least 4 members (excludes halogenated alkanes) is 1. The minimum atomic E-state index is 0.321. The zero-order valence-electron chi connectivity index (χ0n) is 12.7. The fourth-order valence-corrected chi connectivity index (χ4v) is 2.69. The van der Waals surface area contributed by atoms with Gasteiger partial charge in [0.1, 0.15) is 0 Å². The van der Waals surface area contributed by atoms with Gasteiger partial charge in [-0.2, -0.15) is 0 Å². The van der Waals surface area contributed by atoms with Crippen LogP contribution < -0.4 is 0 Å². The zero-order chi connectivity index (χ0) is 13.3. The molecular weight excluding hydrogens is 224 g/mol. The lowest BCUT2D eigenvalue weighted by Gasteiger charge is -2.24. The zero-order valence-corrected chi connectivity index (χ0v) is 12.7. The Hall–Kier alpha value is -0.0800. The van der Waals surface area contributed by atoms with Crippen LogP contribution in [0.25, 0.3) is 0 Å². The number of rotatable bonds is 10. The van der Waals surface area contributed by atoms with E-state index in [2.05, 4.69) is 20.8 Å². The van der Waals surface area contributed by atoms with Gasteiger partial charge in [-0.05, 0) is 43.9 Å². The number of hydrogen-bond acceptors (Lipinski definition) is 2. The van der Waals surface area contributed by atoms with Crippen LogP contribution in [0.15, 0.2) is 0 Å². The van der Waals surface area contributed by atoms with E-state index in [0.29, 0.717) is 5.41 Å². The average Bonchev–Trinajstić information content (AvgIpc) is 2.84. The van der Waals surface area contributed by atoms with Crippen molar-refractivity contribution in [1.29, 1.82) is 0 Å². The fraction of sp³-hybridized carbons (Fsp3) is 1.00. The summed E-state index contributed by atoms with van der Waals surface area (Å²) in [6.45, 7) is 10.3. The summed E-state index contributed by atoms with van der Waals surface area (Å²) < 4.78 is 11.3. The van der Waals surface area contributed by atoms with Gasteiger partial charge < -0.3 is 9.47 Å². The molecule has 1 aliphatic rings. The van der Waals surface area contributed by atoms with Crippen LogP contribution in [-0.4, -0.2) is 26.4 Å². The molecule has 1 rings (SSSR count). The predicted octanol–water partition coefficient (Wildman–Crippen LogP) is 4.43. The van der Waals surface area contributed by atoms with Crippen LogP contribution in [0, 0.1) is 11.3 Å². The quantitative estimate of drug-likeness (QED) is 0.538. The summed E-state index contributed by atoms with van der Waals surface area (Å²) in [5.74, 6) is 0.861. The van der Waals surface area contributed by atoms with Crippen molar-refractivity contribution in [3.63, 3.8) is 0 Å². The van der Waals surface area contributed by atoms with Crippen LogP contribution in [0.4, 0.5) is 0 Å². The first-order valence-electron chi connectivity index (χ1n) is 7.79. The molecule has 0 bridgehead atoms. The molecule has 2 heteroatoms. The van der Waals surface area contributed by atoms with Crippen molar-refractivity contribution in [3.05, 3.63) is 0 Å². The summed E-state index contributed by atoms with van der Waals surface area (Å²) in [5, 5.41) is 0. The highest BCUT2D eigenvalue weighted by atomic mass is 16.5. The van der Waals surface area contributed by atoms with Gasteiger partial charge >= 0.3 is 0 Å². The van der Waals surface area contributed by atoms with Gasteiger partial charge in [0.05, 0.1) is 6.61 Å². The number of ether oxygens (including phenoxy) is 2. The first-order chi connectivity index (χ1) is 8.64. The maximum atomic E-state index is 5.78. The first kappa shape index (κ1) is 16.0. The summed E-state index contributed by atoms with van der Waals surface area (Å²) >= 11 is 0. The van der Waals surface area contributed by atoms with Crippen LogP contribution in [0.3, 0.4) is 0 Å². The Morgan fingerprint density at radius 1 is 1.06 bits per heavy atom. The normalized spacial score (nSPS) is 17.5. The van der Waals surface area contributed by atoms with E-state index in [-0.39, 0.29) is 0 Å². The topological polar surface area (TPSA) is 18.5 Å². The molecule has 2 nitrogen and oxygen atoms in total. The Morgan fingerprint density at radius 2 is 1.78 bits per heavy atom. The third-order valence-electron chi connectivity index (χ3n) is 3.92. The summed E-state index contributed by atoms with van der Waals surface area (Å²) in [5.41, 5.74) is 0.321. The van der Waals surface area contributed by atoms with E-state index >= 15 is 0 Å². The molecule has 0 aromatic heterocycles. The second-order valence-corrected chi connectivity index (χ2v) is 6.48. The van der Waals surface area contributed by atoms with Crippen molar-refractivity contribution in [3.8, 4) is 0 Å². The molecular formula is C16H32O2. The van der Waals surface area contributed by atoms with Gasteiger partial charge in [0, 0.05) is 19.8 Å². The maximum Gasteiger partial charge on any atom is 0.0516 e. The summed E-state index contributed by atoms with van der Waals surface area (Å²) in [4.78, 5) is 0. The van der Waals surface area contributed by atoms with Gasteiger partial charge in [0.15, 0.2) is 0 Å². The summed E-state index contributed by atoms with van der Waals surface area (Å²) in [7, 11) is 0. The largest absolute Gasteiger partial charge is 0.381 e. The molecule has 0 heterocycles. The molecule has 0 atom stereocenters. The van der Waals surface area contributed by atoms with E-state index in [0.717, 1.165) is 32.3 Å². The smallest absolute Gasteiger partial charge is 0.0516 e. The van der Waals surface area contributed by atoms with E-state index in [1.165, 1.54) is 44.9 Å². The van der Waals surface area contributed by atoms with Crippen molar-refractivity contribution in [2.24, 2.45) is 11.3 Å². The van der Waals surface area contributed by atoms with Crippen LogP contribution in [0.2, 0.25) is 0 Å². The van der Waals surface area contributed by atoms with E-state index in [1.54, 1.807) is 0 Å². The van der Waals surface area contributed by atoms with Crippen molar-refractivity contribution < 1.29 is 9.47 Å². The summed E-state index contributed by atoms with van der Waals surface area (Å²) in [6.07, 6.45) is 9.30. The Morgan fingerprint density at radius 3 is 2.44 bits per heavy atom. The summed E-state index contributed by atoms with van der Waals surface area (Å²) in [6, 6.07) is 0. The molecule has 0 aromatic carbocycles. The highest BCUT2D eigenvalue weighted by Crippen LogP contribution is 2.25. The van der Waals surface area contributed by atoms with Crippen LogP contribution in [0.5, 0.6) is 0 Å². The molecule has 1 aliphatic carbocycles. The highest BCUT2D eigenvalue weighted by Gasteiger charge is 2.17.